The van der Waals surface area contributed by atoms with Crippen LogP contribution in [0, 0.1) is 12.8 Å². The highest BCUT2D eigenvalue weighted by atomic mass is 16.5. The van der Waals surface area contributed by atoms with Crippen molar-refractivity contribution in [2.24, 2.45) is 5.92 Å². The molecule has 1 aliphatic heterocycles. The van der Waals surface area contributed by atoms with Gasteiger partial charge in [0.15, 0.2) is 0 Å². The lowest BCUT2D eigenvalue weighted by molar-refractivity contribution is -0.140. The average Bonchev–Trinajstić information content (AvgIpc) is 3.08. The van der Waals surface area contributed by atoms with Crippen molar-refractivity contribution >= 4 is 17.4 Å². The van der Waals surface area contributed by atoms with Crippen LogP contribution in [0.3, 0.4) is 0 Å². The molecule has 1 aromatic heterocycles. The Labute approximate surface area is 202 Å². The number of carbonyl (C=O) groups excluding carboxylic acids is 2. The number of aliphatic hydroxyl groups excluding tert-OH is 1. The smallest absolute Gasteiger partial charge is 0.295 e. The van der Waals surface area contributed by atoms with Crippen molar-refractivity contribution in [2.45, 2.75) is 40.7 Å². The fraction of sp³-hybridized carbons (Fsp3) is 0.444. The van der Waals surface area contributed by atoms with Crippen LogP contribution in [-0.2, 0) is 9.59 Å². The first kappa shape index (κ1) is 25.4. The van der Waals surface area contributed by atoms with E-state index in [1.165, 1.54) is 0 Å². The average molecular weight is 466 g/mol. The van der Waals surface area contributed by atoms with Crippen molar-refractivity contribution in [1.29, 1.82) is 0 Å². The summed E-state index contributed by atoms with van der Waals surface area (Å²) in [6.07, 6.45) is 3.28. The van der Waals surface area contributed by atoms with Crippen molar-refractivity contribution in [3.8, 4) is 5.75 Å². The van der Waals surface area contributed by atoms with E-state index in [0.717, 1.165) is 24.4 Å². The number of hydrogen-bond donors (Lipinski definition) is 1. The molecule has 0 unspecified atom stereocenters. The molecule has 1 aromatic carbocycles. The van der Waals surface area contributed by atoms with Crippen LogP contribution in [-0.4, -0.2) is 64.4 Å². The molecule has 1 aliphatic rings. The maximum Gasteiger partial charge on any atom is 0.295 e. The van der Waals surface area contributed by atoms with Crippen molar-refractivity contribution < 1.29 is 19.4 Å². The maximum atomic E-state index is 13.2. The number of likely N-dealkylation sites (N-methyl/N-ethyl adjacent to an activating group) is 1. The number of aryl methyl sites for hydroxylation is 1. The summed E-state index contributed by atoms with van der Waals surface area (Å²) in [5.74, 6) is -0.344. The van der Waals surface area contributed by atoms with Crippen molar-refractivity contribution in [3.63, 3.8) is 0 Å². The van der Waals surface area contributed by atoms with Crippen LogP contribution in [0.4, 0.5) is 0 Å². The second-order valence-corrected chi connectivity index (χ2v) is 8.99. The van der Waals surface area contributed by atoms with Crippen LogP contribution in [0.1, 0.15) is 50.4 Å². The Morgan fingerprint density at radius 3 is 2.53 bits per heavy atom. The van der Waals surface area contributed by atoms with Crippen molar-refractivity contribution in [2.75, 3.05) is 32.8 Å². The number of ether oxygens (including phenoxy) is 1. The summed E-state index contributed by atoms with van der Waals surface area (Å²) < 4.78 is 5.84. The van der Waals surface area contributed by atoms with Gasteiger partial charge in [-0.2, -0.15) is 0 Å². The van der Waals surface area contributed by atoms with E-state index >= 15 is 0 Å². The fourth-order valence-corrected chi connectivity index (χ4v) is 4.15. The quantitative estimate of drug-likeness (QED) is 0.322. The molecular formula is C27H35N3O4. The highest BCUT2D eigenvalue weighted by Crippen LogP contribution is 2.39. The molecule has 3 rings (SSSR count). The number of ketones is 1. The normalized spacial score (nSPS) is 17.7. The molecule has 1 amide bonds. The maximum absolute atomic E-state index is 13.2. The number of rotatable bonds is 10. The first-order chi connectivity index (χ1) is 16.3. The highest BCUT2D eigenvalue weighted by Gasteiger charge is 2.46. The number of pyridine rings is 1. The van der Waals surface area contributed by atoms with E-state index in [-0.39, 0.29) is 11.3 Å². The highest BCUT2D eigenvalue weighted by molar-refractivity contribution is 6.46. The number of benzene rings is 1. The zero-order chi connectivity index (χ0) is 24.8. The number of aromatic nitrogens is 1. The predicted octanol–water partition coefficient (Wildman–Crippen LogP) is 4.19. The summed E-state index contributed by atoms with van der Waals surface area (Å²) in [5, 5.41) is 11.3. The van der Waals surface area contributed by atoms with Gasteiger partial charge in [0.05, 0.1) is 18.2 Å². The Hall–Kier alpha value is -3.19. The summed E-state index contributed by atoms with van der Waals surface area (Å²) in [7, 11) is 0. The van der Waals surface area contributed by atoms with Crippen molar-refractivity contribution in [1.82, 2.24) is 14.8 Å². The van der Waals surface area contributed by atoms with E-state index in [1.54, 1.807) is 41.6 Å². The van der Waals surface area contributed by atoms with Crippen LogP contribution >= 0.6 is 0 Å². The molecule has 0 saturated carbocycles. The van der Waals surface area contributed by atoms with E-state index < -0.39 is 17.7 Å². The van der Waals surface area contributed by atoms with Crippen LogP contribution in [0.2, 0.25) is 0 Å². The van der Waals surface area contributed by atoms with Gasteiger partial charge < -0.3 is 19.6 Å². The largest absolute Gasteiger partial charge is 0.507 e. The summed E-state index contributed by atoms with van der Waals surface area (Å²) >= 11 is 0. The molecule has 1 fully saturated rings. The van der Waals surface area contributed by atoms with Crippen LogP contribution in [0.15, 0.2) is 48.3 Å². The van der Waals surface area contributed by atoms with Gasteiger partial charge in [-0.1, -0.05) is 33.8 Å². The number of carbonyl (C=O) groups is 2. The summed E-state index contributed by atoms with van der Waals surface area (Å²) in [5.41, 5.74) is 2.10. The first-order valence-electron chi connectivity index (χ1n) is 11.9. The molecule has 0 aliphatic carbocycles. The van der Waals surface area contributed by atoms with Gasteiger partial charge in [-0.25, -0.2) is 0 Å². The molecule has 2 aromatic rings. The van der Waals surface area contributed by atoms with Crippen LogP contribution < -0.4 is 4.74 Å². The molecule has 1 N–H and O–H groups in total. The van der Waals surface area contributed by atoms with E-state index in [2.05, 4.69) is 37.6 Å². The number of likely N-dealkylation sites (tertiary alicyclic amines) is 1. The molecule has 0 radical (unpaired) electrons. The Kier molecular flexibility index (Phi) is 8.45. The van der Waals surface area contributed by atoms with Crippen molar-refractivity contribution in [3.05, 3.63) is 65.0 Å². The lowest BCUT2D eigenvalue weighted by atomic mass is 9.95. The third-order valence-electron chi connectivity index (χ3n) is 6.11. The molecule has 182 valence electrons. The predicted molar refractivity (Wildman–Crippen MR) is 133 cm³/mol. The number of amides is 1. The second kappa shape index (κ2) is 11.3. The molecule has 7 heteroatoms. The Morgan fingerprint density at radius 1 is 1.21 bits per heavy atom. The monoisotopic (exact) mass is 465 g/mol. The van der Waals surface area contributed by atoms with E-state index in [1.807, 2.05) is 13.0 Å². The van der Waals surface area contributed by atoms with E-state index in [0.29, 0.717) is 36.7 Å². The van der Waals surface area contributed by atoms with Gasteiger partial charge in [-0.15, -0.1) is 0 Å². The SMILES string of the molecule is CCN(CC)CCN1C(=O)C(=O)/C(=C(/O)c2ccc(OCC(C)C)c(C)c2)[C@H]1c1cccnc1. The summed E-state index contributed by atoms with van der Waals surface area (Å²) in [6, 6.07) is 8.21. The Balaban J connectivity index is 2.02. The minimum Gasteiger partial charge on any atom is -0.507 e. The number of hydrogen-bond acceptors (Lipinski definition) is 6. The first-order valence-corrected chi connectivity index (χ1v) is 11.9. The standard InChI is InChI=1S/C27H35N3O4/c1-6-29(7-2)13-14-30-24(21-9-8-12-28-16-21)23(26(32)27(30)33)25(31)20-10-11-22(19(5)15-20)34-17-18(3)4/h8-12,15-16,18,24,31H,6-7,13-14,17H2,1-5H3/b25-23+/t24-/m1/s1. The molecule has 0 bridgehead atoms. The van der Waals surface area contributed by atoms with Crippen LogP contribution in [0.25, 0.3) is 5.76 Å². The zero-order valence-electron chi connectivity index (χ0n) is 20.7. The number of aliphatic hydroxyl groups is 1. The second-order valence-electron chi connectivity index (χ2n) is 8.99. The molecule has 0 spiro atoms. The summed E-state index contributed by atoms with van der Waals surface area (Å²) in [6.45, 7) is 13.5. The van der Waals surface area contributed by atoms with Gasteiger partial charge in [0.1, 0.15) is 11.5 Å². The zero-order valence-corrected chi connectivity index (χ0v) is 20.7. The third-order valence-corrected chi connectivity index (χ3v) is 6.11. The topological polar surface area (TPSA) is 83.0 Å². The van der Waals surface area contributed by atoms with Gasteiger partial charge in [-0.3, -0.25) is 14.6 Å². The molecule has 1 saturated heterocycles. The molecule has 7 nitrogen and oxygen atoms in total. The third kappa shape index (κ3) is 5.47. The minimum absolute atomic E-state index is 0.0906. The number of Topliss-reactive ketones (excluding diaryl/α,β-unsaturated/α-hetero) is 1. The minimum atomic E-state index is -0.693. The van der Waals surface area contributed by atoms with Crippen LogP contribution in [0.5, 0.6) is 5.75 Å². The van der Waals surface area contributed by atoms with Gasteiger partial charge in [0, 0.05) is 31.0 Å². The number of nitrogens with zero attached hydrogens (tertiary/aromatic N) is 3. The Morgan fingerprint density at radius 2 is 1.94 bits per heavy atom. The van der Waals surface area contributed by atoms with Gasteiger partial charge in [0.2, 0.25) is 0 Å². The molecular weight excluding hydrogens is 430 g/mol. The Bertz CT molecular complexity index is 1050. The van der Waals surface area contributed by atoms with Gasteiger partial charge in [0.25, 0.3) is 11.7 Å². The molecule has 1 atom stereocenters. The fourth-order valence-electron chi connectivity index (χ4n) is 4.15. The van der Waals surface area contributed by atoms with Gasteiger partial charge >= 0.3 is 0 Å². The summed E-state index contributed by atoms with van der Waals surface area (Å²) in [4.78, 5) is 34.2. The van der Waals surface area contributed by atoms with Gasteiger partial charge in [-0.05, 0) is 61.3 Å². The molecule has 2 heterocycles. The van der Waals surface area contributed by atoms with E-state index in [4.69, 9.17) is 4.74 Å². The van der Waals surface area contributed by atoms with E-state index in [9.17, 15) is 14.7 Å². The lowest BCUT2D eigenvalue weighted by Crippen LogP contribution is -2.38. The lowest BCUT2D eigenvalue weighted by Gasteiger charge is -2.28. The molecule has 34 heavy (non-hydrogen) atoms.